The lowest BCUT2D eigenvalue weighted by molar-refractivity contribution is -0.166. The van der Waals surface area contributed by atoms with Gasteiger partial charge in [-0.3, -0.25) is 9.59 Å². The number of hydrogen-bond acceptors (Lipinski definition) is 4. The Morgan fingerprint density at radius 3 is 2.09 bits per heavy atom. The number of esters is 1. The maximum atomic E-state index is 13.8. The largest absolute Gasteiger partial charge is 0.459 e. The lowest BCUT2D eigenvalue weighted by Gasteiger charge is -2.56. The maximum Gasteiger partial charge on any atom is 0.329 e. The lowest BCUT2D eigenvalue weighted by Crippen LogP contribution is -2.56. The number of amides is 2. The first kappa shape index (κ1) is 22.1. The molecule has 0 radical (unpaired) electrons. The first-order chi connectivity index (χ1) is 16.5. The highest BCUT2D eigenvalue weighted by Gasteiger charge is 2.57. The number of carbonyl (C=O) groups is 3. The van der Waals surface area contributed by atoms with Crippen LogP contribution in [0.5, 0.6) is 0 Å². The molecular weight excluding hydrogens is 428 g/mol. The molecule has 6 aliphatic rings. The summed E-state index contributed by atoms with van der Waals surface area (Å²) in [6.07, 6.45) is 10.7. The van der Waals surface area contributed by atoms with E-state index >= 15 is 0 Å². The molecule has 0 aromatic heterocycles. The van der Waals surface area contributed by atoms with Crippen molar-refractivity contribution in [3.63, 3.8) is 0 Å². The fourth-order valence-corrected chi connectivity index (χ4v) is 8.03. The smallest absolute Gasteiger partial charge is 0.329 e. The average molecular weight is 465 g/mol. The van der Waals surface area contributed by atoms with Gasteiger partial charge in [-0.05, 0) is 99.7 Å². The Bertz CT molecular complexity index is 930. The van der Waals surface area contributed by atoms with Crippen LogP contribution in [-0.4, -0.2) is 53.3 Å². The topological polar surface area (TPSA) is 66.9 Å². The quantitative estimate of drug-likeness (QED) is 0.614. The van der Waals surface area contributed by atoms with E-state index in [0.717, 1.165) is 57.2 Å². The number of nitrogens with zero attached hydrogens (tertiary/aromatic N) is 2. The van der Waals surface area contributed by atoms with E-state index in [2.05, 4.69) is 0 Å². The van der Waals surface area contributed by atoms with Gasteiger partial charge >= 0.3 is 5.97 Å². The van der Waals surface area contributed by atoms with Gasteiger partial charge in [-0.2, -0.15) is 0 Å². The number of ether oxygens (including phenoxy) is 1. The average Bonchev–Trinajstić information content (AvgIpc) is 3.54. The summed E-state index contributed by atoms with van der Waals surface area (Å²) >= 11 is 0. The Balaban J connectivity index is 1.07. The molecule has 2 aliphatic heterocycles. The minimum absolute atomic E-state index is 0.0748. The van der Waals surface area contributed by atoms with Crippen molar-refractivity contribution in [1.29, 1.82) is 0 Å². The van der Waals surface area contributed by atoms with Crippen molar-refractivity contribution in [2.24, 2.45) is 23.2 Å². The molecule has 2 saturated heterocycles. The Morgan fingerprint density at radius 1 is 0.853 bits per heavy atom. The molecule has 4 aliphatic carbocycles. The molecule has 34 heavy (non-hydrogen) atoms. The summed E-state index contributed by atoms with van der Waals surface area (Å²) in [7, 11) is 0. The van der Waals surface area contributed by atoms with Gasteiger partial charge in [0.05, 0.1) is 5.41 Å². The molecule has 6 heteroatoms. The number of benzene rings is 1. The second-order valence-corrected chi connectivity index (χ2v) is 11.7. The van der Waals surface area contributed by atoms with E-state index in [-0.39, 0.29) is 29.8 Å². The van der Waals surface area contributed by atoms with Crippen LogP contribution in [-0.2, 0) is 20.9 Å². The summed E-state index contributed by atoms with van der Waals surface area (Å²) in [5.74, 6) is 2.16. The third-order valence-electron chi connectivity index (χ3n) is 9.25. The Kier molecular flexibility index (Phi) is 5.65. The Morgan fingerprint density at radius 2 is 1.47 bits per heavy atom. The zero-order valence-electron chi connectivity index (χ0n) is 20.0. The van der Waals surface area contributed by atoms with Crippen LogP contribution in [0.2, 0.25) is 0 Å². The molecule has 4 bridgehead atoms. The maximum absolute atomic E-state index is 13.8. The number of carbonyl (C=O) groups excluding carboxylic acids is 3. The number of rotatable bonds is 5. The fraction of sp³-hybridized carbons (Fsp3) is 0.679. The van der Waals surface area contributed by atoms with Gasteiger partial charge in [-0.1, -0.05) is 12.1 Å². The molecule has 4 saturated carbocycles. The van der Waals surface area contributed by atoms with E-state index in [1.807, 2.05) is 34.1 Å². The molecule has 1 unspecified atom stereocenters. The first-order valence-electron chi connectivity index (χ1n) is 13.4. The van der Waals surface area contributed by atoms with E-state index in [9.17, 15) is 14.4 Å². The van der Waals surface area contributed by atoms with Crippen molar-refractivity contribution in [2.75, 3.05) is 19.6 Å². The van der Waals surface area contributed by atoms with Crippen LogP contribution in [0, 0.1) is 23.2 Å². The number of likely N-dealkylation sites (tertiary alicyclic amines) is 2. The SMILES string of the molecule is O=C(OCc1ccc(C(=O)N2CCCC2)cc1)C1CCCN1C(=O)C12CC3CC(CC(C3)C1)C2. The zero-order chi connectivity index (χ0) is 23.3. The van der Waals surface area contributed by atoms with Crippen LogP contribution in [0.4, 0.5) is 0 Å². The van der Waals surface area contributed by atoms with Crippen LogP contribution in [0.1, 0.15) is 80.1 Å². The van der Waals surface area contributed by atoms with E-state index in [1.54, 1.807) is 0 Å². The normalized spacial score (nSPS) is 34.0. The summed E-state index contributed by atoms with van der Waals surface area (Å²) in [4.78, 5) is 43.1. The monoisotopic (exact) mass is 464 g/mol. The van der Waals surface area contributed by atoms with Crippen LogP contribution in [0.25, 0.3) is 0 Å². The molecule has 2 amide bonds. The molecule has 1 aromatic carbocycles. The molecule has 6 fully saturated rings. The summed E-state index contributed by atoms with van der Waals surface area (Å²) in [6.45, 7) is 2.51. The summed E-state index contributed by atoms with van der Waals surface area (Å²) in [5, 5.41) is 0. The molecule has 6 nitrogen and oxygen atoms in total. The van der Waals surface area contributed by atoms with Crippen molar-refractivity contribution < 1.29 is 19.1 Å². The predicted molar refractivity (Wildman–Crippen MR) is 127 cm³/mol. The summed E-state index contributed by atoms with van der Waals surface area (Å²) in [6, 6.07) is 6.93. The van der Waals surface area contributed by atoms with Gasteiger partial charge < -0.3 is 14.5 Å². The number of hydrogen-bond donors (Lipinski definition) is 0. The second kappa shape index (κ2) is 8.69. The Labute approximate surface area is 202 Å². The zero-order valence-corrected chi connectivity index (χ0v) is 20.0. The first-order valence-corrected chi connectivity index (χ1v) is 13.4. The third kappa shape index (κ3) is 3.93. The highest BCUT2D eigenvalue weighted by atomic mass is 16.5. The molecule has 0 N–H and O–H groups in total. The molecule has 1 atom stereocenters. The van der Waals surface area contributed by atoms with Crippen LogP contribution in [0.15, 0.2) is 24.3 Å². The summed E-state index contributed by atoms with van der Waals surface area (Å²) in [5.41, 5.74) is 1.33. The van der Waals surface area contributed by atoms with Crippen molar-refractivity contribution in [1.82, 2.24) is 9.80 Å². The van der Waals surface area contributed by atoms with Crippen molar-refractivity contribution in [3.05, 3.63) is 35.4 Å². The van der Waals surface area contributed by atoms with Crippen molar-refractivity contribution in [2.45, 2.75) is 76.9 Å². The van der Waals surface area contributed by atoms with Crippen LogP contribution in [0.3, 0.4) is 0 Å². The van der Waals surface area contributed by atoms with Crippen molar-refractivity contribution in [3.8, 4) is 0 Å². The summed E-state index contributed by atoms with van der Waals surface area (Å²) < 4.78 is 5.68. The van der Waals surface area contributed by atoms with E-state index in [4.69, 9.17) is 4.74 Å². The van der Waals surface area contributed by atoms with E-state index < -0.39 is 6.04 Å². The van der Waals surface area contributed by atoms with Gasteiger partial charge in [-0.25, -0.2) is 4.79 Å². The highest BCUT2D eigenvalue weighted by molar-refractivity contribution is 5.94. The molecule has 182 valence electrons. The molecule has 7 rings (SSSR count). The molecule has 2 heterocycles. The van der Waals surface area contributed by atoms with Gasteiger partial charge in [0, 0.05) is 25.2 Å². The predicted octanol–water partition coefficient (Wildman–Crippen LogP) is 4.17. The minimum Gasteiger partial charge on any atom is -0.459 e. The molecule has 0 spiro atoms. The van der Waals surface area contributed by atoms with Gasteiger partial charge in [-0.15, -0.1) is 0 Å². The van der Waals surface area contributed by atoms with Gasteiger partial charge in [0.2, 0.25) is 5.91 Å². The van der Waals surface area contributed by atoms with Crippen LogP contribution >= 0.6 is 0 Å². The molecular formula is C28H36N2O4. The third-order valence-corrected chi connectivity index (χ3v) is 9.25. The highest BCUT2D eigenvalue weighted by Crippen LogP contribution is 2.60. The lowest BCUT2D eigenvalue weighted by atomic mass is 9.49. The van der Waals surface area contributed by atoms with Crippen molar-refractivity contribution >= 4 is 17.8 Å². The fourth-order valence-electron chi connectivity index (χ4n) is 8.03. The van der Waals surface area contributed by atoms with Gasteiger partial charge in [0.15, 0.2) is 0 Å². The van der Waals surface area contributed by atoms with Crippen LogP contribution < -0.4 is 0 Å². The second-order valence-electron chi connectivity index (χ2n) is 11.7. The van der Waals surface area contributed by atoms with E-state index in [1.165, 1.54) is 19.3 Å². The van der Waals surface area contributed by atoms with E-state index in [0.29, 0.717) is 36.3 Å². The molecule has 1 aromatic rings. The van der Waals surface area contributed by atoms with Gasteiger partial charge in [0.25, 0.3) is 5.91 Å². The Hall–Kier alpha value is -2.37. The standard InChI is InChI=1S/C28H36N2O4/c31-25(29-9-1-2-10-29)23-7-5-19(6-8-23)18-34-26(32)24-4-3-11-30(24)27(33)28-15-20-12-21(16-28)14-22(13-20)17-28/h5-8,20-22,24H,1-4,9-18H2. The van der Waals surface area contributed by atoms with Gasteiger partial charge in [0.1, 0.15) is 12.6 Å². The minimum atomic E-state index is -0.448.